The highest BCUT2D eigenvalue weighted by Crippen LogP contribution is 2.28. The predicted octanol–water partition coefficient (Wildman–Crippen LogP) is 4.16. The van der Waals surface area contributed by atoms with E-state index >= 15 is 0 Å². The van der Waals surface area contributed by atoms with E-state index in [2.05, 4.69) is 4.72 Å². The maximum Gasteiger partial charge on any atom is 0.216 e. The number of thiophene rings is 2. The van der Waals surface area contributed by atoms with E-state index in [9.17, 15) is 12.8 Å². The third-order valence-electron chi connectivity index (χ3n) is 3.30. The standard InChI is InChI=1S/C16H14FNO2S3/c17-14-5-2-1-4-13(14)11-23(19,20)18-16(12-7-9-21-10-12)15-6-3-8-22-15/h1-10,16,18H,11H2/t16-/m1/s1. The molecule has 3 rings (SSSR count). The van der Waals surface area contributed by atoms with Crippen LogP contribution in [0.2, 0.25) is 0 Å². The smallest absolute Gasteiger partial charge is 0.212 e. The Hall–Kier alpha value is -1.54. The quantitative estimate of drug-likeness (QED) is 0.711. The number of rotatable bonds is 6. The van der Waals surface area contributed by atoms with E-state index in [1.807, 2.05) is 34.3 Å². The molecule has 7 heteroatoms. The van der Waals surface area contributed by atoms with Crippen molar-refractivity contribution in [2.45, 2.75) is 11.8 Å². The highest BCUT2D eigenvalue weighted by Gasteiger charge is 2.23. The molecule has 3 nitrogen and oxygen atoms in total. The lowest BCUT2D eigenvalue weighted by Crippen LogP contribution is -2.30. The molecule has 1 atom stereocenters. The number of sulfonamides is 1. The van der Waals surface area contributed by atoms with Crippen molar-refractivity contribution in [3.05, 3.63) is 80.4 Å². The van der Waals surface area contributed by atoms with Crippen LogP contribution in [0.4, 0.5) is 4.39 Å². The lowest BCUT2D eigenvalue weighted by Gasteiger charge is -2.17. The maximum atomic E-state index is 13.7. The Morgan fingerprint density at radius 2 is 1.91 bits per heavy atom. The lowest BCUT2D eigenvalue weighted by molar-refractivity contribution is 0.567. The van der Waals surface area contributed by atoms with Gasteiger partial charge in [0.05, 0.1) is 11.8 Å². The molecule has 0 radical (unpaired) electrons. The lowest BCUT2D eigenvalue weighted by atomic mass is 10.1. The van der Waals surface area contributed by atoms with Crippen LogP contribution >= 0.6 is 22.7 Å². The molecule has 0 fully saturated rings. The summed E-state index contributed by atoms with van der Waals surface area (Å²) in [7, 11) is -3.69. The summed E-state index contributed by atoms with van der Waals surface area (Å²) in [5, 5.41) is 5.72. The number of halogens is 1. The fraction of sp³-hybridized carbons (Fsp3) is 0.125. The second-order valence-electron chi connectivity index (χ2n) is 4.97. The van der Waals surface area contributed by atoms with Crippen molar-refractivity contribution >= 4 is 32.7 Å². The summed E-state index contributed by atoms with van der Waals surface area (Å²) in [4.78, 5) is 0.903. The predicted molar refractivity (Wildman–Crippen MR) is 92.6 cm³/mol. The Bertz CT molecular complexity index is 824. The van der Waals surface area contributed by atoms with Crippen LogP contribution in [0.1, 0.15) is 22.0 Å². The van der Waals surface area contributed by atoms with Gasteiger partial charge in [0.1, 0.15) is 5.82 Å². The zero-order valence-corrected chi connectivity index (χ0v) is 14.4. The fourth-order valence-corrected chi connectivity index (χ4v) is 5.14. The normalized spacial score (nSPS) is 13.1. The summed E-state index contributed by atoms with van der Waals surface area (Å²) in [5.74, 6) is -0.896. The molecule has 1 aromatic carbocycles. The van der Waals surface area contributed by atoms with Gasteiger partial charge in [-0.25, -0.2) is 17.5 Å². The summed E-state index contributed by atoms with van der Waals surface area (Å²) in [6.45, 7) is 0. The fourth-order valence-electron chi connectivity index (χ4n) is 2.23. The van der Waals surface area contributed by atoms with E-state index in [1.165, 1.54) is 34.8 Å². The second kappa shape index (κ2) is 6.92. The highest BCUT2D eigenvalue weighted by atomic mass is 32.2. The van der Waals surface area contributed by atoms with Crippen LogP contribution < -0.4 is 4.72 Å². The van der Waals surface area contributed by atoms with Crippen LogP contribution in [0.5, 0.6) is 0 Å². The molecule has 2 aromatic heterocycles. The van der Waals surface area contributed by atoms with E-state index in [0.29, 0.717) is 0 Å². The number of nitrogens with one attached hydrogen (secondary N) is 1. The van der Waals surface area contributed by atoms with Crippen molar-refractivity contribution < 1.29 is 12.8 Å². The first-order valence-corrected chi connectivity index (χ1v) is 10.3. The molecule has 0 aliphatic rings. The molecule has 2 heterocycles. The van der Waals surface area contributed by atoms with E-state index in [0.717, 1.165) is 10.4 Å². The van der Waals surface area contributed by atoms with Crippen molar-refractivity contribution in [3.8, 4) is 0 Å². The molecule has 0 saturated carbocycles. The van der Waals surface area contributed by atoms with Crippen molar-refractivity contribution in [1.82, 2.24) is 4.72 Å². The average molecular weight is 367 g/mol. The molecule has 0 unspecified atom stereocenters. The Kier molecular flexibility index (Phi) is 4.91. The second-order valence-corrected chi connectivity index (χ2v) is 8.49. The first-order valence-electron chi connectivity index (χ1n) is 6.84. The van der Waals surface area contributed by atoms with Gasteiger partial charge in [0.2, 0.25) is 10.0 Å². The van der Waals surface area contributed by atoms with Crippen molar-refractivity contribution in [2.24, 2.45) is 0 Å². The molecular weight excluding hydrogens is 353 g/mol. The number of hydrogen-bond donors (Lipinski definition) is 1. The van der Waals surface area contributed by atoms with Gasteiger partial charge in [-0.2, -0.15) is 11.3 Å². The minimum absolute atomic E-state index is 0.162. The Balaban J connectivity index is 1.86. The van der Waals surface area contributed by atoms with Gasteiger partial charge in [-0.15, -0.1) is 11.3 Å². The largest absolute Gasteiger partial charge is 0.216 e. The summed E-state index contributed by atoms with van der Waals surface area (Å²) in [6.07, 6.45) is 0. The van der Waals surface area contributed by atoms with Gasteiger partial charge >= 0.3 is 0 Å². The molecule has 3 aromatic rings. The summed E-state index contributed by atoms with van der Waals surface area (Å²) in [6, 6.07) is 11.1. The summed E-state index contributed by atoms with van der Waals surface area (Å²) in [5.41, 5.74) is 1.05. The van der Waals surface area contributed by atoms with Crippen molar-refractivity contribution in [1.29, 1.82) is 0 Å². The molecule has 0 aliphatic carbocycles. The maximum absolute atomic E-state index is 13.7. The van der Waals surface area contributed by atoms with Gasteiger partial charge in [-0.3, -0.25) is 0 Å². The summed E-state index contributed by atoms with van der Waals surface area (Å²) < 4.78 is 41.4. The van der Waals surface area contributed by atoms with Gasteiger partial charge in [-0.05, 0) is 39.9 Å². The van der Waals surface area contributed by atoms with Gasteiger partial charge in [-0.1, -0.05) is 24.3 Å². The number of hydrogen-bond acceptors (Lipinski definition) is 4. The first-order chi connectivity index (χ1) is 11.1. The average Bonchev–Trinajstić information content (AvgIpc) is 3.21. The van der Waals surface area contributed by atoms with Gasteiger partial charge in [0.15, 0.2) is 0 Å². The van der Waals surface area contributed by atoms with Gasteiger partial charge < -0.3 is 0 Å². The van der Waals surface area contributed by atoms with Crippen LogP contribution in [0, 0.1) is 5.82 Å². The Morgan fingerprint density at radius 3 is 2.57 bits per heavy atom. The van der Waals surface area contributed by atoms with Crippen LogP contribution in [0.25, 0.3) is 0 Å². The van der Waals surface area contributed by atoms with Crippen molar-refractivity contribution in [3.63, 3.8) is 0 Å². The third kappa shape index (κ3) is 4.06. The summed E-state index contributed by atoms with van der Waals surface area (Å²) >= 11 is 2.99. The van der Waals surface area contributed by atoms with Crippen LogP contribution in [0.15, 0.2) is 58.6 Å². The highest BCUT2D eigenvalue weighted by molar-refractivity contribution is 7.88. The minimum atomic E-state index is -3.69. The topological polar surface area (TPSA) is 46.2 Å². The van der Waals surface area contributed by atoms with E-state index in [4.69, 9.17) is 0 Å². The molecule has 0 spiro atoms. The molecule has 120 valence electrons. The molecule has 0 bridgehead atoms. The van der Waals surface area contributed by atoms with Crippen LogP contribution in [-0.4, -0.2) is 8.42 Å². The van der Waals surface area contributed by atoms with Crippen LogP contribution in [-0.2, 0) is 15.8 Å². The monoisotopic (exact) mass is 367 g/mol. The Morgan fingerprint density at radius 1 is 1.09 bits per heavy atom. The zero-order valence-electron chi connectivity index (χ0n) is 12.0. The molecular formula is C16H14FNO2S3. The van der Waals surface area contributed by atoms with Crippen molar-refractivity contribution in [2.75, 3.05) is 0 Å². The third-order valence-corrected chi connectivity index (χ3v) is 6.23. The Labute approximate surface area is 142 Å². The molecule has 0 aliphatic heterocycles. The van der Waals surface area contributed by atoms with E-state index in [1.54, 1.807) is 12.1 Å². The van der Waals surface area contributed by atoms with Gasteiger partial charge in [0.25, 0.3) is 0 Å². The van der Waals surface area contributed by atoms with Crippen LogP contribution in [0.3, 0.4) is 0 Å². The minimum Gasteiger partial charge on any atom is -0.212 e. The van der Waals surface area contributed by atoms with E-state index < -0.39 is 21.9 Å². The number of benzene rings is 1. The molecule has 23 heavy (non-hydrogen) atoms. The SMILES string of the molecule is O=S(=O)(Cc1ccccc1F)N[C@H](c1ccsc1)c1cccs1. The van der Waals surface area contributed by atoms with E-state index in [-0.39, 0.29) is 11.3 Å². The first kappa shape index (κ1) is 16.3. The van der Waals surface area contributed by atoms with Gasteiger partial charge in [0, 0.05) is 10.4 Å². The molecule has 0 saturated heterocycles. The molecule has 0 amide bonds. The zero-order chi connectivity index (χ0) is 16.3. The molecule has 1 N–H and O–H groups in total.